The first-order chi connectivity index (χ1) is 13.0. The van der Waals surface area contributed by atoms with Crippen LogP contribution in [0, 0.1) is 17.8 Å². The van der Waals surface area contributed by atoms with E-state index in [9.17, 15) is 9.59 Å². The second-order valence-corrected chi connectivity index (χ2v) is 10.1. The molecule has 5 fully saturated rings. The molecule has 0 aromatic carbocycles. The first kappa shape index (κ1) is 17.5. The van der Waals surface area contributed by atoms with Crippen molar-refractivity contribution in [3.05, 3.63) is 5.82 Å². The van der Waals surface area contributed by atoms with Crippen molar-refractivity contribution in [2.45, 2.75) is 68.0 Å². The third-order valence-electron chi connectivity index (χ3n) is 6.81. The van der Waals surface area contributed by atoms with E-state index in [2.05, 4.69) is 20.8 Å². The Hall–Kier alpha value is -1.57. The average molecular weight is 390 g/mol. The van der Waals surface area contributed by atoms with E-state index in [0.717, 1.165) is 48.0 Å². The number of rotatable bonds is 5. The molecule has 5 aliphatic rings. The van der Waals surface area contributed by atoms with Gasteiger partial charge in [-0.05, 0) is 69.1 Å². The summed E-state index contributed by atoms with van der Waals surface area (Å²) in [6, 6.07) is -0.334. The third-order valence-corrected chi connectivity index (χ3v) is 7.83. The normalized spacial score (nSPS) is 33.9. The Morgan fingerprint density at radius 3 is 2.33 bits per heavy atom. The summed E-state index contributed by atoms with van der Waals surface area (Å²) in [6.45, 7) is 0. The summed E-state index contributed by atoms with van der Waals surface area (Å²) in [6.07, 6.45) is 9.58. The molecule has 27 heavy (non-hydrogen) atoms. The lowest BCUT2D eigenvalue weighted by Gasteiger charge is -2.56. The number of carbonyl (C=O) groups excluding carboxylic acids is 2. The zero-order valence-electron chi connectivity index (χ0n) is 15.7. The molecule has 0 radical (unpaired) electrons. The van der Waals surface area contributed by atoms with Crippen LogP contribution in [0.3, 0.4) is 0 Å². The summed E-state index contributed by atoms with van der Waals surface area (Å²) in [4.78, 5) is 24.7. The fourth-order valence-corrected chi connectivity index (χ4v) is 6.70. The topological polar surface area (TPSA) is 88.9 Å². The van der Waals surface area contributed by atoms with Crippen molar-refractivity contribution >= 4 is 23.7 Å². The monoisotopic (exact) mass is 389 g/mol. The van der Waals surface area contributed by atoms with E-state index in [1.165, 1.54) is 43.9 Å². The molecule has 0 atom stereocenters. The van der Waals surface area contributed by atoms with Crippen LogP contribution in [0.2, 0.25) is 0 Å². The number of carbonyl (C=O) groups is 2. The molecule has 1 heterocycles. The highest BCUT2D eigenvalue weighted by Gasteiger charge is 2.51. The van der Waals surface area contributed by atoms with E-state index in [1.807, 2.05) is 11.6 Å². The van der Waals surface area contributed by atoms with Gasteiger partial charge in [0.25, 0.3) is 0 Å². The molecule has 1 aromatic heterocycles. The summed E-state index contributed by atoms with van der Waals surface area (Å²) >= 11 is 1.33. The first-order valence-electron chi connectivity index (χ1n) is 10.1. The molecule has 6 rings (SSSR count). The van der Waals surface area contributed by atoms with E-state index in [4.69, 9.17) is 0 Å². The minimum absolute atomic E-state index is 0.0744. The Morgan fingerprint density at radius 1 is 1.11 bits per heavy atom. The Morgan fingerprint density at radius 2 is 1.74 bits per heavy atom. The molecule has 0 unspecified atom stereocenters. The Balaban J connectivity index is 1.13. The van der Waals surface area contributed by atoms with Crippen LogP contribution >= 0.6 is 11.8 Å². The van der Waals surface area contributed by atoms with Gasteiger partial charge in [-0.25, -0.2) is 4.79 Å². The number of imide groups is 1. The number of urea groups is 1. The maximum absolute atomic E-state index is 12.4. The number of thioether (sulfide) groups is 1. The van der Waals surface area contributed by atoms with Gasteiger partial charge >= 0.3 is 6.03 Å². The Kier molecular flexibility index (Phi) is 4.22. The molecule has 5 aliphatic carbocycles. The summed E-state index contributed by atoms with van der Waals surface area (Å²) in [5, 5.41) is 14.8. The van der Waals surface area contributed by atoms with Crippen LogP contribution in [0.5, 0.6) is 0 Å². The quantitative estimate of drug-likeness (QED) is 0.756. The van der Waals surface area contributed by atoms with Gasteiger partial charge in [0, 0.05) is 18.5 Å². The number of hydrogen-bond donors (Lipinski definition) is 2. The molecule has 7 nitrogen and oxygen atoms in total. The van der Waals surface area contributed by atoms with Crippen molar-refractivity contribution in [2.75, 3.05) is 5.75 Å². The van der Waals surface area contributed by atoms with E-state index in [-0.39, 0.29) is 23.2 Å². The van der Waals surface area contributed by atoms with Crippen LogP contribution in [-0.2, 0) is 11.8 Å². The zero-order valence-corrected chi connectivity index (χ0v) is 16.6. The van der Waals surface area contributed by atoms with Gasteiger partial charge in [0.2, 0.25) is 5.91 Å². The SMILES string of the molecule is Cn1c(SCC(=O)NC(=O)NC23CC4CC(CC(C4)C2)C3)nnc1C1CC1. The minimum Gasteiger partial charge on any atom is -0.332 e. The summed E-state index contributed by atoms with van der Waals surface area (Å²) < 4.78 is 1.96. The number of nitrogens with zero attached hydrogens (tertiary/aromatic N) is 3. The van der Waals surface area contributed by atoms with Gasteiger partial charge < -0.3 is 9.88 Å². The van der Waals surface area contributed by atoms with Crippen LogP contribution in [0.15, 0.2) is 5.16 Å². The van der Waals surface area contributed by atoms with Crippen molar-refractivity contribution in [1.29, 1.82) is 0 Å². The molecular formula is C19H27N5O2S. The Labute approximate surface area is 163 Å². The number of aromatic nitrogens is 3. The van der Waals surface area contributed by atoms with Gasteiger partial charge in [-0.3, -0.25) is 10.1 Å². The van der Waals surface area contributed by atoms with Crippen molar-refractivity contribution in [1.82, 2.24) is 25.4 Å². The number of nitrogens with one attached hydrogen (secondary N) is 2. The van der Waals surface area contributed by atoms with Gasteiger partial charge in [0.15, 0.2) is 5.16 Å². The highest BCUT2D eigenvalue weighted by Crippen LogP contribution is 2.55. The molecule has 0 aliphatic heterocycles. The standard InChI is InChI=1S/C19H27N5O2S/c1-24-16(14-2-3-14)22-23-18(24)27-10-15(25)20-17(26)21-19-7-11-4-12(8-19)6-13(5-11)9-19/h11-14H,2-10H2,1H3,(H2,20,21,25,26). The van der Waals surface area contributed by atoms with E-state index in [1.54, 1.807) is 0 Å². The molecule has 146 valence electrons. The molecule has 0 spiro atoms. The predicted octanol–water partition coefficient (Wildman–Crippen LogP) is 2.58. The number of hydrogen-bond acceptors (Lipinski definition) is 5. The molecule has 0 saturated heterocycles. The van der Waals surface area contributed by atoms with Gasteiger partial charge in [-0.1, -0.05) is 11.8 Å². The van der Waals surface area contributed by atoms with Crippen LogP contribution < -0.4 is 10.6 Å². The van der Waals surface area contributed by atoms with Gasteiger partial charge in [0.1, 0.15) is 5.82 Å². The molecule has 4 bridgehead atoms. The maximum Gasteiger partial charge on any atom is 0.321 e. The van der Waals surface area contributed by atoms with Crippen LogP contribution in [-0.4, -0.2) is 38.0 Å². The van der Waals surface area contributed by atoms with Crippen molar-refractivity contribution in [3.63, 3.8) is 0 Å². The average Bonchev–Trinajstić information content (AvgIpc) is 3.34. The smallest absolute Gasteiger partial charge is 0.321 e. The third kappa shape index (κ3) is 3.48. The van der Waals surface area contributed by atoms with Crippen LogP contribution in [0.4, 0.5) is 4.79 Å². The van der Waals surface area contributed by atoms with E-state index >= 15 is 0 Å². The van der Waals surface area contributed by atoms with Gasteiger partial charge in [-0.15, -0.1) is 10.2 Å². The zero-order chi connectivity index (χ0) is 18.6. The lowest BCUT2D eigenvalue weighted by Crippen LogP contribution is -2.61. The van der Waals surface area contributed by atoms with Crippen LogP contribution in [0.25, 0.3) is 0 Å². The highest BCUT2D eigenvalue weighted by molar-refractivity contribution is 7.99. The first-order valence-corrected chi connectivity index (χ1v) is 11.1. The maximum atomic E-state index is 12.4. The van der Waals surface area contributed by atoms with Crippen LogP contribution in [0.1, 0.15) is 63.1 Å². The van der Waals surface area contributed by atoms with Crippen molar-refractivity contribution in [2.24, 2.45) is 24.8 Å². The van der Waals surface area contributed by atoms with E-state index < -0.39 is 0 Å². The second-order valence-electron chi connectivity index (χ2n) is 9.16. The molecule has 8 heteroatoms. The molecule has 3 amide bonds. The van der Waals surface area contributed by atoms with Crippen molar-refractivity contribution in [3.8, 4) is 0 Å². The second kappa shape index (κ2) is 6.50. The van der Waals surface area contributed by atoms with Gasteiger partial charge in [0.05, 0.1) is 5.75 Å². The molecule has 5 saturated carbocycles. The number of amides is 3. The lowest BCUT2D eigenvalue weighted by molar-refractivity contribution is -0.117. The molecular weight excluding hydrogens is 362 g/mol. The van der Waals surface area contributed by atoms with Crippen molar-refractivity contribution < 1.29 is 9.59 Å². The molecule has 1 aromatic rings. The van der Waals surface area contributed by atoms with Gasteiger partial charge in [-0.2, -0.15) is 0 Å². The van der Waals surface area contributed by atoms with E-state index in [0.29, 0.717) is 5.92 Å². The summed E-state index contributed by atoms with van der Waals surface area (Å²) in [7, 11) is 1.94. The minimum atomic E-state index is -0.334. The largest absolute Gasteiger partial charge is 0.332 e. The lowest BCUT2D eigenvalue weighted by atomic mass is 9.53. The fourth-order valence-electron chi connectivity index (χ4n) is 5.98. The summed E-state index contributed by atoms with van der Waals surface area (Å²) in [5.74, 6) is 3.70. The fraction of sp³-hybridized carbons (Fsp3) is 0.789. The molecule has 2 N–H and O–H groups in total. The highest BCUT2D eigenvalue weighted by atomic mass is 32.2. The Bertz CT molecular complexity index is 737. The summed E-state index contributed by atoms with van der Waals surface area (Å²) in [5.41, 5.74) is -0.0744. The predicted molar refractivity (Wildman–Crippen MR) is 101 cm³/mol.